The fourth-order valence-corrected chi connectivity index (χ4v) is 2.85. The van der Waals surface area contributed by atoms with Crippen molar-refractivity contribution < 1.29 is 5.11 Å². The normalized spacial score (nSPS) is 25.4. The van der Waals surface area contributed by atoms with Gasteiger partial charge in [0.25, 0.3) is 0 Å². The minimum Gasteiger partial charge on any atom is -0.396 e. The molecule has 0 aliphatic carbocycles. The van der Waals surface area contributed by atoms with Crippen LogP contribution < -0.4 is 10.6 Å². The first-order valence-corrected chi connectivity index (χ1v) is 5.98. The highest BCUT2D eigenvalue weighted by Gasteiger charge is 2.37. The Morgan fingerprint density at radius 1 is 1.20 bits per heavy atom. The van der Waals surface area contributed by atoms with Gasteiger partial charge in [-0.3, -0.25) is 0 Å². The predicted octanol–water partition coefficient (Wildman–Crippen LogP) is 1.27. The van der Waals surface area contributed by atoms with Crippen molar-refractivity contribution >= 4 is 0 Å². The molecule has 0 amide bonds. The topological polar surface area (TPSA) is 44.3 Å². The summed E-state index contributed by atoms with van der Waals surface area (Å²) < 4.78 is 0. The van der Waals surface area contributed by atoms with E-state index in [-0.39, 0.29) is 17.7 Å². The van der Waals surface area contributed by atoms with Crippen LogP contribution in [-0.4, -0.2) is 35.4 Å². The largest absolute Gasteiger partial charge is 0.396 e. The Bertz CT molecular complexity index is 186. The highest BCUT2D eigenvalue weighted by molar-refractivity contribution is 4.99. The van der Waals surface area contributed by atoms with Gasteiger partial charge < -0.3 is 15.7 Å². The van der Waals surface area contributed by atoms with Crippen LogP contribution >= 0.6 is 0 Å². The Morgan fingerprint density at radius 2 is 1.73 bits per heavy atom. The van der Waals surface area contributed by atoms with Crippen LogP contribution in [0.1, 0.15) is 47.0 Å². The molecular weight excluding hydrogens is 188 g/mol. The first-order chi connectivity index (χ1) is 6.85. The minimum atomic E-state index is 0.207. The summed E-state index contributed by atoms with van der Waals surface area (Å²) >= 11 is 0. The van der Waals surface area contributed by atoms with E-state index in [2.05, 4.69) is 38.3 Å². The van der Waals surface area contributed by atoms with Gasteiger partial charge in [0.2, 0.25) is 0 Å². The number of hydrogen-bond donors (Lipinski definition) is 3. The van der Waals surface area contributed by atoms with Gasteiger partial charge in [0.15, 0.2) is 0 Å². The van der Waals surface area contributed by atoms with Crippen LogP contribution in [0, 0.1) is 0 Å². The Balaban J connectivity index is 2.44. The summed E-state index contributed by atoms with van der Waals surface area (Å²) in [5, 5.41) is 15.9. The Hall–Kier alpha value is -0.120. The Labute approximate surface area is 93.6 Å². The summed E-state index contributed by atoms with van der Waals surface area (Å²) in [6, 6.07) is 0.572. The molecule has 1 saturated heterocycles. The molecule has 1 heterocycles. The average Bonchev–Trinajstić information content (AvgIpc) is 1.98. The third-order valence-electron chi connectivity index (χ3n) is 2.96. The van der Waals surface area contributed by atoms with Crippen molar-refractivity contribution in [2.45, 2.75) is 64.1 Å². The SMILES string of the molecule is CC1(C)CC(NCCCO)CC(C)(C)N1. The molecule has 1 aliphatic heterocycles. The monoisotopic (exact) mass is 214 g/mol. The van der Waals surface area contributed by atoms with Crippen LogP contribution in [0.4, 0.5) is 0 Å². The maximum atomic E-state index is 8.75. The number of nitrogens with one attached hydrogen (secondary N) is 2. The number of piperidine rings is 1. The van der Waals surface area contributed by atoms with Crippen LogP contribution in [0.15, 0.2) is 0 Å². The van der Waals surface area contributed by atoms with Crippen molar-refractivity contribution in [3.05, 3.63) is 0 Å². The van der Waals surface area contributed by atoms with E-state index in [1.807, 2.05) is 0 Å². The van der Waals surface area contributed by atoms with Gasteiger partial charge >= 0.3 is 0 Å². The summed E-state index contributed by atoms with van der Waals surface area (Å²) in [4.78, 5) is 0. The van der Waals surface area contributed by atoms with Gasteiger partial charge in [-0.05, 0) is 53.5 Å². The molecule has 0 atom stereocenters. The second kappa shape index (κ2) is 4.81. The number of aliphatic hydroxyl groups is 1. The van der Waals surface area contributed by atoms with Crippen LogP contribution in [0.25, 0.3) is 0 Å². The lowest BCUT2D eigenvalue weighted by Crippen LogP contribution is -2.61. The molecule has 0 spiro atoms. The number of rotatable bonds is 4. The van der Waals surface area contributed by atoms with Crippen LogP contribution in [-0.2, 0) is 0 Å². The van der Waals surface area contributed by atoms with Gasteiger partial charge in [0, 0.05) is 23.7 Å². The smallest absolute Gasteiger partial charge is 0.0443 e. The number of aliphatic hydroxyl groups excluding tert-OH is 1. The van der Waals surface area contributed by atoms with Gasteiger partial charge in [-0.2, -0.15) is 0 Å². The van der Waals surface area contributed by atoms with E-state index in [0.717, 1.165) is 25.8 Å². The van der Waals surface area contributed by atoms with Crippen LogP contribution in [0.5, 0.6) is 0 Å². The molecule has 0 aromatic heterocycles. The first-order valence-electron chi connectivity index (χ1n) is 5.98. The second-order valence-corrected chi connectivity index (χ2v) is 6.03. The molecule has 3 N–H and O–H groups in total. The van der Waals surface area contributed by atoms with Crippen LogP contribution in [0.3, 0.4) is 0 Å². The molecule has 0 radical (unpaired) electrons. The first kappa shape index (κ1) is 12.9. The van der Waals surface area contributed by atoms with Crippen molar-refractivity contribution in [1.82, 2.24) is 10.6 Å². The minimum absolute atomic E-state index is 0.207. The molecule has 3 nitrogen and oxygen atoms in total. The predicted molar refractivity (Wildman–Crippen MR) is 64.0 cm³/mol. The number of hydrogen-bond acceptors (Lipinski definition) is 3. The molecular formula is C12H26N2O. The molecule has 1 fully saturated rings. The van der Waals surface area contributed by atoms with Crippen molar-refractivity contribution in [2.24, 2.45) is 0 Å². The zero-order valence-corrected chi connectivity index (χ0v) is 10.6. The lowest BCUT2D eigenvalue weighted by Gasteiger charge is -2.46. The van der Waals surface area contributed by atoms with Gasteiger partial charge in [-0.1, -0.05) is 0 Å². The van der Waals surface area contributed by atoms with Crippen molar-refractivity contribution in [3.63, 3.8) is 0 Å². The maximum absolute atomic E-state index is 8.75. The summed E-state index contributed by atoms with van der Waals surface area (Å²) in [6.45, 7) is 10.2. The fraction of sp³-hybridized carbons (Fsp3) is 1.00. The van der Waals surface area contributed by atoms with E-state index in [4.69, 9.17) is 5.11 Å². The lowest BCUT2D eigenvalue weighted by molar-refractivity contribution is 0.145. The van der Waals surface area contributed by atoms with Crippen molar-refractivity contribution in [3.8, 4) is 0 Å². The summed E-state index contributed by atoms with van der Waals surface area (Å²) in [5.74, 6) is 0. The summed E-state index contributed by atoms with van der Waals surface area (Å²) in [6.07, 6.45) is 3.16. The third kappa shape index (κ3) is 4.49. The van der Waals surface area contributed by atoms with E-state index < -0.39 is 0 Å². The van der Waals surface area contributed by atoms with Crippen molar-refractivity contribution in [1.29, 1.82) is 0 Å². The van der Waals surface area contributed by atoms with Gasteiger partial charge in [0.05, 0.1) is 0 Å². The molecule has 0 unspecified atom stereocenters. The quantitative estimate of drug-likeness (QED) is 0.618. The van der Waals surface area contributed by atoms with E-state index in [0.29, 0.717) is 6.04 Å². The molecule has 1 aliphatic rings. The van der Waals surface area contributed by atoms with Crippen molar-refractivity contribution in [2.75, 3.05) is 13.2 Å². The molecule has 3 heteroatoms. The zero-order chi connectivity index (χ0) is 11.5. The standard InChI is InChI=1S/C12H26N2O/c1-11(2)8-10(13-6-5-7-15)9-12(3,4)14-11/h10,13-15H,5-9H2,1-4H3. The second-order valence-electron chi connectivity index (χ2n) is 6.03. The average molecular weight is 214 g/mol. The van der Waals surface area contributed by atoms with E-state index >= 15 is 0 Å². The van der Waals surface area contributed by atoms with Crippen LogP contribution in [0.2, 0.25) is 0 Å². The molecule has 1 rings (SSSR count). The molecule has 0 aromatic carbocycles. The Morgan fingerprint density at radius 3 is 2.20 bits per heavy atom. The van der Waals surface area contributed by atoms with E-state index in [1.165, 1.54) is 0 Å². The van der Waals surface area contributed by atoms with Gasteiger partial charge in [-0.15, -0.1) is 0 Å². The Kier molecular flexibility index (Phi) is 4.15. The zero-order valence-electron chi connectivity index (χ0n) is 10.6. The molecule has 90 valence electrons. The fourth-order valence-electron chi connectivity index (χ4n) is 2.85. The van der Waals surface area contributed by atoms with Gasteiger partial charge in [0.1, 0.15) is 0 Å². The van der Waals surface area contributed by atoms with Gasteiger partial charge in [-0.25, -0.2) is 0 Å². The maximum Gasteiger partial charge on any atom is 0.0443 e. The van der Waals surface area contributed by atoms with E-state index in [1.54, 1.807) is 0 Å². The highest BCUT2D eigenvalue weighted by Crippen LogP contribution is 2.28. The van der Waals surface area contributed by atoms with E-state index in [9.17, 15) is 0 Å². The molecule has 0 aromatic rings. The molecule has 0 bridgehead atoms. The molecule has 0 saturated carbocycles. The lowest BCUT2D eigenvalue weighted by atomic mass is 9.79. The highest BCUT2D eigenvalue weighted by atomic mass is 16.3. The summed E-state index contributed by atoms with van der Waals surface area (Å²) in [7, 11) is 0. The molecule has 15 heavy (non-hydrogen) atoms. The third-order valence-corrected chi connectivity index (χ3v) is 2.96. The summed E-state index contributed by atoms with van der Waals surface area (Å²) in [5.41, 5.74) is 0.414.